The van der Waals surface area contributed by atoms with Crippen molar-refractivity contribution in [3.8, 4) is 11.4 Å². The number of hydrogen-bond donors (Lipinski definition) is 0. The minimum absolute atomic E-state index is 0.0789. The zero-order chi connectivity index (χ0) is 20.4. The summed E-state index contributed by atoms with van der Waals surface area (Å²) in [4.78, 5) is 13.3. The third-order valence-electron chi connectivity index (χ3n) is 5.52. The van der Waals surface area contributed by atoms with E-state index in [1.54, 1.807) is 12.1 Å². The van der Waals surface area contributed by atoms with Crippen molar-refractivity contribution >= 4 is 40.5 Å². The molecule has 1 aliphatic rings. The van der Waals surface area contributed by atoms with Crippen molar-refractivity contribution in [2.24, 2.45) is 5.92 Å². The molecule has 0 bridgehead atoms. The van der Waals surface area contributed by atoms with E-state index in [1.165, 1.54) is 47.9 Å². The second kappa shape index (κ2) is 9.02. The van der Waals surface area contributed by atoms with Gasteiger partial charge in [0.05, 0.1) is 15.0 Å². The molecule has 4 nitrogen and oxygen atoms in total. The van der Waals surface area contributed by atoms with Crippen LogP contribution in [0.25, 0.3) is 11.4 Å². The number of Topliss-reactive ketones (excluding diaryl/α,β-unsaturated/α-hetero) is 1. The van der Waals surface area contributed by atoms with Crippen LogP contribution in [0.5, 0.6) is 0 Å². The highest BCUT2D eigenvalue weighted by Crippen LogP contribution is 2.39. The molecule has 7 heteroatoms. The molecule has 4 rings (SSSR count). The Balaban J connectivity index is 1.65. The number of hydrogen-bond acceptors (Lipinski definition) is 5. The lowest BCUT2D eigenvalue weighted by molar-refractivity contribution is 0.102. The smallest absolute Gasteiger partial charge is 0.192 e. The normalized spacial score (nSPS) is 19.4. The number of aromatic nitrogens is 3. The first-order valence-electron chi connectivity index (χ1n) is 9.96. The molecule has 0 aliphatic heterocycles. The molecule has 1 saturated carbocycles. The van der Waals surface area contributed by atoms with Crippen molar-refractivity contribution in [3.05, 3.63) is 51.2 Å². The van der Waals surface area contributed by atoms with Crippen molar-refractivity contribution in [2.75, 3.05) is 5.75 Å². The average Bonchev–Trinajstić information content (AvgIpc) is 3.33. The number of thioether (sulfide) groups is 1. The van der Waals surface area contributed by atoms with E-state index < -0.39 is 0 Å². The summed E-state index contributed by atoms with van der Waals surface area (Å²) in [5, 5.41) is 9.89. The summed E-state index contributed by atoms with van der Waals surface area (Å²) in [5.41, 5.74) is 2.28. The summed E-state index contributed by atoms with van der Waals surface area (Å²) < 4.78 is 2.93. The zero-order valence-electron chi connectivity index (χ0n) is 16.6. The Morgan fingerprint density at radius 3 is 2.79 bits per heavy atom. The molecular formula is C22H24ClN3OS2. The van der Waals surface area contributed by atoms with Gasteiger partial charge in [0, 0.05) is 11.6 Å². The number of rotatable bonds is 6. The van der Waals surface area contributed by atoms with Crippen LogP contribution >= 0.6 is 34.7 Å². The van der Waals surface area contributed by atoms with E-state index in [0.29, 0.717) is 26.9 Å². The standard InChI is InChI=1S/C22H24ClN3OS2/c1-14-6-5-8-16(12-14)21-24-25-22(26(21)17-9-4-3-7-15(17)2)28-13-18(27)19-10-11-20(23)29-19/h5-6,8,10-12,15,17H,3-4,7,9,13H2,1-2H3/t15-,17-/m0/s1. The van der Waals surface area contributed by atoms with Crippen LogP contribution in [0.3, 0.4) is 0 Å². The van der Waals surface area contributed by atoms with Gasteiger partial charge >= 0.3 is 0 Å². The van der Waals surface area contributed by atoms with Crippen LogP contribution in [0.2, 0.25) is 4.34 Å². The fraction of sp³-hybridized carbons (Fsp3) is 0.409. The van der Waals surface area contributed by atoms with Crippen molar-refractivity contribution in [2.45, 2.75) is 50.7 Å². The van der Waals surface area contributed by atoms with E-state index in [2.05, 4.69) is 52.9 Å². The number of benzene rings is 1. The molecule has 0 N–H and O–H groups in total. The predicted octanol–water partition coefficient (Wildman–Crippen LogP) is 6.69. The first-order chi connectivity index (χ1) is 14.0. The maximum absolute atomic E-state index is 12.6. The fourth-order valence-corrected chi connectivity index (χ4v) is 5.95. The molecule has 1 fully saturated rings. The topological polar surface area (TPSA) is 47.8 Å². The van der Waals surface area contributed by atoms with E-state index in [1.807, 2.05) is 0 Å². The van der Waals surface area contributed by atoms with E-state index in [4.69, 9.17) is 11.6 Å². The molecule has 3 aromatic rings. The summed E-state index contributed by atoms with van der Waals surface area (Å²) in [6.45, 7) is 4.41. The first-order valence-corrected chi connectivity index (χ1v) is 12.1. The molecule has 2 atom stereocenters. The molecular weight excluding hydrogens is 422 g/mol. The summed E-state index contributed by atoms with van der Waals surface area (Å²) in [5.74, 6) is 1.88. The van der Waals surface area contributed by atoms with Crippen LogP contribution in [-0.4, -0.2) is 26.3 Å². The minimum atomic E-state index is 0.0789. The van der Waals surface area contributed by atoms with E-state index in [-0.39, 0.29) is 5.78 Å². The van der Waals surface area contributed by atoms with Gasteiger partial charge in [0.2, 0.25) is 0 Å². The third kappa shape index (κ3) is 4.60. The van der Waals surface area contributed by atoms with Gasteiger partial charge in [-0.3, -0.25) is 9.36 Å². The molecule has 0 unspecified atom stereocenters. The SMILES string of the molecule is Cc1cccc(-c2nnc(SCC(=O)c3ccc(Cl)s3)n2[C@H]2CCCC[C@@H]2C)c1. The maximum Gasteiger partial charge on any atom is 0.192 e. The lowest BCUT2D eigenvalue weighted by atomic mass is 9.85. The third-order valence-corrected chi connectivity index (χ3v) is 7.73. The fourth-order valence-electron chi connectivity index (χ4n) is 4.00. The van der Waals surface area contributed by atoms with Crippen molar-refractivity contribution in [3.63, 3.8) is 0 Å². The van der Waals surface area contributed by atoms with Crippen molar-refractivity contribution in [1.82, 2.24) is 14.8 Å². The van der Waals surface area contributed by atoms with Crippen LogP contribution in [0, 0.1) is 12.8 Å². The summed E-state index contributed by atoms with van der Waals surface area (Å²) in [6.07, 6.45) is 4.84. The van der Waals surface area contributed by atoms with Crippen LogP contribution in [0.4, 0.5) is 0 Å². The molecule has 152 valence electrons. The van der Waals surface area contributed by atoms with Crippen molar-refractivity contribution in [1.29, 1.82) is 0 Å². The van der Waals surface area contributed by atoms with E-state index >= 15 is 0 Å². The summed E-state index contributed by atoms with van der Waals surface area (Å²) in [7, 11) is 0. The van der Waals surface area contributed by atoms with Crippen LogP contribution < -0.4 is 0 Å². The van der Waals surface area contributed by atoms with Gasteiger partial charge < -0.3 is 0 Å². The molecule has 0 amide bonds. The highest BCUT2D eigenvalue weighted by molar-refractivity contribution is 7.99. The first kappa shape index (κ1) is 20.6. The highest BCUT2D eigenvalue weighted by atomic mass is 35.5. The lowest BCUT2D eigenvalue weighted by Crippen LogP contribution is -2.22. The van der Waals surface area contributed by atoms with Crippen LogP contribution in [0.15, 0.2) is 41.6 Å². The molecule has 0 saturated heterocycles. The van der Waals surface area contributed by atoms with Gasteiger partial charge in [-0.2, -0.15) is 0 Å². The van der Waals surface area contributed by atoms with Crippen molar-refractivity contribution < 1.29 is 4.79 Å². The lowest BCUT2D eigenvalue weighted by Gasteiger charge is -2.31. The second-order valence-corrected chi connectivity index (χ2v) is 10.3. The molecule has 29 heavy (non-hydrogen) atoms. The minimum Gasteiger partial charge on any atom is -0.299 e. The quantitative estimate of drug-likeness (QED) is 0.313. The second-order valence-electron chi connectivity index (χ2n) is 7.69. The van der Waals surface area contributed by atoms with Crippen LogP contribution in [0.1, 0.15) is 53.9 Å². The van der Waals surface area contributed by atoms with Gasteiger partial charge in [0.25, 0.3) is 0 Å². The summed E-state index contributed by atoms with van der Waals surface area (Å²) in [6, 6.07) is 12.3. The van der Waals surface area contributed by atoms with Gasteiger partial charge in [-0.05, 0) is 43.9 Å². The van der Waals surface area contributed by atoms with Gasteiger partial charge in [-0.25, -0.2) is 0 Å². The largest absolute Gasteiger partial charge is 0.299 e. The number of aryl methyl sites for hydroxylation is 1. The Labute approximate surface area is 184 Å². The number of carbonyl (C=O) groups excluding carboxylic acids is 1. The Bertz CT molecular complexity index is 1010. The number of nitrogens with zero attached hydrogens (tertiary/aromatic N) is 3. The molecule has 0 spiro atoms. The Morgan fingerprint density at radius 2 is 2.07 bits per heavy atom. The zero-order valence-corrected chi connectivity index (χ0v) is 19.0. The number of ketones is 1. The average molecular weight is 446 g/mol. The predicted molar refractivity (Wildman–Crippen MR) is 121 cm³/mol. The number of carbonyl (C=O) groups is 1. The maximum atomic E-state index is 12.6. The molecule has 1 aromatic carbocycles. The molecule has 0 radical (unpaired) electrons. The molecule has 2 aromatic heterocycles. The Kier molecular flexibility index (Phi) is 6.42. The van der Waals surface area contributed by atoms with Gasteiger partial charge in [0.1, 0.15) is 0 Å². The van der Waals surface area contributed by atoms with Gasteiger partial charge in [-0.15, -0.1) is 21.5 Å². The van der Waals surface area contributed by atoms with E-state index in [9.17, 15) is 4.79 Å². The van der Waals surface area contributed by atoms with Gasteiger partial charge in [-0.1, -0.05) is 66.9 Å². The molecule has 1 aliphatic carbocycles. The van der Waals surface area contributed by atoms with Gasteiger partial charge in [0.15, 0.2) is 16.8 Å². The van der Waals surface area contributed by atoms with Crippen LogP contribution in [-0.2, 0) is 0 Å². The Morgan fingerprint density at radius 1 is 1.24 bits per heavy atom. The highest BCUT2D eigenvalue weighted by Gasteiger charge is 2.29. The number of halogens is 1. The Hall–Kier alpha value is -1.63. The van der Waals surface area contributed by atoms with E-state index in [0.717, 1.165) is 23.0 Å². The monoisotopic (exact) mass is 445 g/mol. The molecule has 2 heterocycles. The number of thiophene rings is 1. The summed E-state index contributed by atoms with van der Waals surface area (Å²) >= 11 is 8.79.